The fourth-order valence-electron chi connectivity index (χ4n) is 2.01. The molecule has 0 spiro atoms. The number of hydrogen-bond donors (Lipinski definition) is 0. The number of alkyl halides is 1. The van der Waals surface area contributed by atoms with Crippen molar-refractivity contribution in [2.24, 2.45) is 0 Å². The number of carbonyl (C=O) groups is 2. The second-order valence-electron chi connectivity index (χ2n) is 5.66. The van der Waals surface area contributed by atoms with Gasteiger partial charge in [0.25, 0.3) is 0 Å². The minimum Gasteiger partial charge on any atom is -0.467 e. The molecule has 0 aromatic carbocycles. The van der Waals surface area contributed by atoms with Crippen LogP contribution in [0, 0.1) is 0 Å². The highest BCUT2D eigenvalue weighted by Crippen LogP contribution is 2.33. The highest BCUT2D eigenvalue weighted by molar-refractivity contribution is 5.86. The number of carbonyl (C=O) groups excluding carboxylic acids is 2. The van der Waals surface area contributed by atoms with Crippen molar-refractivity contribution in [3.8, 4) is 0 Å². The monoisotopic (exact) mass is 261 g/mol. The molecule has 6 heteroatoms. The van der Waals surface area contributed by atoms with Gasteiger partial charge in [0.1, 0.15) is 17.3 Å². The van der Waals surface area contributed by atoms with Gasteiger partial charge in [-0.05, 0) is 27.7 Å². The van der Waals surface area contributed by atoms with Crippen LogP contribution in [0.15, 0.2) is 0 Å². The maximum absolute atomic E-state index is 13.5. The van der Waals surface area contributed by atoms with Crippen LogP contribution in [-0.4, -0.2) is 47.9 Å². The molecule has 5 nitrogen and oxygen atoms in total. The predicted octanol–water partition coefficient (Wildman–Crippen LogP) is 1.90. The summed E-state index contributed by atoms with van der Waals surface area (Å²) >= 11 is 0. The lowest BCUT2D eigenvalue weighted by Gasteiger charge is -2.33. The third kappa shape index (κ3) is 2.91. The SMILES string of the molecule is COC(=O)[C@]1(C)C[C@@H](F)CN1C(=O)OC(C)(C)C. The summed E-state index contributed by atoms with van der Waals surface area (Å²) in [5.74, 6) is -0.631. The summed E-state index contributed by atoms with van der Waals surface area (Å²) < 4.78 is 23.3. The van der Waals surface area contributed by atoms with Gasteiger partial charge in [-0.2, -0.15) is 0 Å². The van der Waals surface area contributed by atoms with E-state index in [2.05, 4.69) is 4.74 Å². The van der Waals surface area contributed by atoms with Gasteiger partial charge >= 0.3 is 12.1 Å². The van der Waals surface area contributed by atoms with E-state index in [0.29, 0.717) is 0 Å². The zero-order chi connectivity index (χ0) is 14.1. The molecular weight excluding hydrogens is 241 g/mol. The Kier molecular flexibility index (Phi) is 3.88. The lowest BCUT2D eigenvalue weighted by molar-refractivity contribution is -0.152. The van der Waals surface area contributed by atoms with Crippen molar-refractivity contribution < 1.29 is 23.5 Å². The molecule has 1 heterocycles. The molecule has 0 radical (unpaired) electrons. The minimum absolute atomic E-state index is 0.0705. The van der Waals surface area contributed by atoms with Crippen molar-refractivity contribution in [3.05, 3.63) is 0 Å². The maximum Gasteiger partial charge on any atom is 0.411 e. The molecule has 0 N–H and O–H groups in total. The third-order valence-corrected chi connectivity index (χ3v) is 2.83. The molecule has 0 aromatic heterocycles. The Morgan fingerprint density at radius 1 is 1.39 bits per heavy atom. The first-order valence-electron chi connectivity index (χ1n) is 5.83. The van der Waals surface area contributed by atoms with E-state index in [9.17, 15) is 14.0 Å². The van der Waals surface area contributed by atoms with Gasteiger partial charge in [0.15, 0.2) is 0 Å². The number of halogens is 1. The van der Waals surface area contributed by atoms with Crippen LogP contribution in [0.25, 0.3) is 0 Å². The molecule has 1 saturated heterocycles. The zero-order valence-electron chi connectivity index (χ0n) is 11.4. The van der Waals surface area contributed by atoms with Crippen molar-refractivity contribution in [2.75, 3.05) is 13.7 Å². The third-order valence-electron chi connectivity index (χ3n) is 2.83. The van der Waals surface area contributed by atoms with Crippen LogP contribution in [-0.2, 0) is 14.3 Å². The van der Waals surface area contributed by atoms with E-state index < -0.39 is 29.4 Å². The second kappa shape index (κ2) is 4.74. The Labute approximate surface area is 106 Å². The van der Waals surface area contributed by atoms with E-state index in [-0.39, 0.29) is 13.0 Å². The summed E-state index contributed by atoms with van der Waals surface area (Å²) in [7, 11) is 1.21. The number of hydrogen-bond acceptors (Lipinski definition) is 4. The van der Waals surface area contributed by atoms with Gasteiger partial charge in [-0.1, -0.05) is 0 Å². The van der Waals surface area contributed by atoms with Crippen LogP contribution in [0.2, 0.25) is 0 Å². The molecule has 0 unspecified atom stereocenters. The van der Waals surface area contributed by atoms with E-state index in [1.807, 2.05) is 0 Å². The molecule has 104 valence electrons. The Hall–Kier alpha value is -1.33. The summed E-state index contributed by atoms with van der Waals surface area (Å²) in [6, 6.07) is 0. The van der Waals surface area contributed by atoms with E-state index in [1.54, 1.807) is 20.8 Å². The van der Waals surface area contributed by atoms with E-state index in [1.165, 1.54) is 14.0 Å². The normalized spacial score (nSPS) is 28.1. The highest BCUT2D eigenvalue weighted by atomic mass is 19.1. The molecule has 1 amide bonds. The minimum atomic E-state index is -1.30. The lowest BCUT2D eigenvalue weighted by Crippen LogP contribution is -2.52. The van der Waals surface area contributed by atoms with Crippen LogP contribution in [0.1, 0.15) is 34.1 Å². The number of rotatable bonds is 1. The van der Waals surface area contributed by atoms with Crippen molar-refractivity contribution >= 4 is 12.1 Å². The number of nitrogens with zero attached hydrogens (tertiary/aromatic N) is 1. The fraction of sp³-hybridized carbons (Fsp3) is 0.833. The second-order valence-corrected chi connectivity index (χ2v) is 5.66. The molecule has 0 saturated carbocycles. The van der Waals surface area contributed by atoms with Crippen LogP contribution in [0.4, 0.5) is 9.18 Å². The summed E-state index contributed by atoms with van der Waals surface area (Å²) in [5.41, 5.74) is -1.99. The van der Waals surface area contributed by atoms with Gasteiger partial charge < -0.3 is 9.47 Å². The summed E-state index contributed by atoms with van der Waals surface area (Å²) in [4.78, 5) is 24.8. The Balaban J connectivity index is 2.92. The van der Waals surface area contributed by atoms with Gasteiger partial charge in [-0.3, -0.25) is 4.90 Å². The zero-order valence-corrected chi connectivity index (χ0v) is 11.4. The molecule has 2 atom stereocenters. The van der Waals surface area contributed by atoms with Crippen LogP contribution >= 0.6 is 0 Å². The Bertz CT molecular complexity index is 352. The molecule has 18 heavy (non-hydrogen) atoms. The standard InChI is InChI=1S/C12H20FNO4/c1-11(2,3)18-10(16)14-7-8(13)6-12(14,4)9(15)17-5/h8H,6-7H2,1-5H3/t8-,12+/m1/s1. The summed E-state index contributed by atoms with van der Waals surface area (Å²) in [6.07, 6.45) is -2.02. The number of amides is 1. The average Bonchev–Trinajstić information content (AvgIpc) is 2.51. The molecule has 1 aliphatic heterocycles. The topological polar surface area (TPSA) is 55.8 Å². The summed E-state index contributed by atoms with van der Waals surface area (Å²) in [5, 5.41) is 0. The van der Waals surface area contributed by atoms with Crippen molar-refractivity contribution in [1.29, 1.82) is 0 Å². The number of methoxy groups -OCH3 is 1. The molecule has 1 aliphatic rings. The summed E-state index contributed by atoms with van der Waals surface area (Å²) in [6.45, 7) is 6.47. The molecule has 0 aromatic rings. The smallest absolute Gasteiger partial charge is 0.411 e. The van der Waals surface area contributed by atoms with Gasteiger partial charge in [0, 0.05) is 6.42 Å². The first kappa shape index (κ1) is 14.7. The fourth-order valence-corrected chi connectivity index (χ4v) is 2.01. The quantitative estimate of drug-likeness (QED) is 0.676. The number of ether oxygens (including phenoxy) is 2. The van der Waals surface area contributed by atoms with Crippen LogP contribution < -0.4 is 0 Å². The molecule has 1 fully saturated rings. The van der Waals surface area contributed by atoms with Gasteiger partial charge in [0.05, 0.1) is 13.7 Å². The number of likely N-dealkylation sites (tertiary alicyclic amines) is 1. The first-order chi connectivity index (χ1) is 8.10. The van der Waals surface area contributed by atoms with Crippen LogP contribution in [0.5, 0.6) is 0 Å². The van der Waals surface area contributed by atoms with Gasteiger partial charge in [0.2, 0.25) is 0 Å². The Morgan fingerprint density at radius 2 is 1.94 bits per heavy atom. The molecule has 0 bridgehead atoms. The highest BCUT2D eigenvalue weighted by Gasteiger charge is 2.52. The van der Waals surface area contributed by atoms with Crippen molar-refractivity contribution in [1.82, 2.24) is 4.90 Å². The van der Waals surface area contributed by atoms with E-state index in [4.69, 9.17) is 4.74 Å². The van der Waals surface area contributed by atoms with Crippen molar-refractivity contribution in [2.45, 2.75) is 51.4 Å². The average molecular weight is 261 g/mol. The maximum atomic E-state index is 13.5. The molecular formula is C12H20FNO4. The van der Waals surface area contributed by atoms with Crippen molar-refractivity contribution in [3.63, 3.8) is 0 Å². The van der Waals surface area contributed by atoms with Gasteiger partial charge in [-0.15, -0.1) is 0 Å². The Morgan fingerprint density at radius 3 is 2.39 bits per heavy atom. The lowest BCUT2D eigenvalue weighted by atomic mass is 9.99. The van der Waals surface area contributed by atoms with Gasteiger partial charge in [-0.25, -0.2) is 14.0 Å². The molecule has 0 aliphatic carbocycles. The first-order valence-corrected chi connectivity index (χ1v) is 5.83. The van der Waals surface area contributed by atoms with E-state index in [0.717, 1.165) is 4.90 Å². The van der Waals surface area contributed by atoms with Crippen LogP contribution in [0.3, 0.4) is 0 Å². The predicted molar refractivity (Wildman–Crippen MR) is 62.9 cm³/mol. The molecule has 1 rings (SSSR count). The van der Waals surface area contributed by atoms with E-state index >= 15 is 0 Å². The number of esters is 1. The largest absolute Gasteiger partial charge is 0.467 e.